The molecular weight excluding hydrogens is 1770 g/mol. The smallest absolute Gasteiger partial charge is 0.0794 e. The number of benzene rings is 22. The predicted octanol–water partition coefficient (Wildman–Crippen LogP) is 37.5. The highest BCUT2D eigenvalue weighted by molar-refractivity contribution is 6.22. The Balaban J connectivity index is 0.000000111. The normalized spacial score (nSPS) is 11.4. The number of hydrogen-bond donors (Lipinski definition) is 0. The molecule has 0 fully saturated rings. The third kappa shape index (κ3) is 16.5. The van der Waals surface area contributed by atoms with Crippen molar-refractivity contribution in [3.8, 4) is 157 Å². The van der Waals surface area contributed by atoms with Crippen molar-refractivity contribution >= 4 is 119 Å². The van der Waals surface area contributed by atoms with E-state index in [1.807, 2.05) is 36.5 Å². The van der Waals surface area contributed by atoms with Gasteiger partial charge in [-0.05, 0) is 210 Å². The molecule has 6 heteroatoms. The Morgan fingerprint density at radius 1 is 0.110 bits per heavy atom. The van der Waals surface area contributed by atoms with E-state index >= 15 is 0 Å². The highest BCUT2D eigenvalue weighted by Crippen LogP contribution is 2.49. The molecule has 680 valence electrons. The summed E-state index contributed by atoms with van der Waals surface area (Å²) >= 11 is 0. The summed E-state index contributed by atoms with van der Waals surface area (Å²) < 4.78 is 0. The van der Waals surface area contributed by atoms with Crippen molar-refractivity contribution in [1.29, 1.82) is 0 Å². The van der Waals surface area contributed by atoms with Crippen molar-refractivity contribution < 1.29 is 0 Å². The molecular formula is C140H90N6. The van der Waals surface area contributed by atoms with Gasteiger partial charge in [-0.15, -0.1) is 0 Å². The number of hydrogen-bond acceptors (Lipinski definition) is 6. The summed E-state index contributed by atoms with van der Waals surface area (Å²) in [7, 11) is 0. The number of nitrogens with zero attached hydrogens (tertiary/aromatic N) is 6. The van der Waals surface area contributed by atoms with Crippen LogP contribution in [0.15, 0.2) is 546 Å². The Hall–Kier alpha value is -19.4. The summed E-state index contributed by atoms with van der Waals surface area (Å²) in [6, 6.07) is 192. The van der Waals surface area contributed by atoms with Gasteiger partial charge in [0.2, 0.25) is 0 Å². The third-order valence-electron chi connectivity index (χ3n) is 28.6. The first-order chi connectivity index (χ1) is 72.4. The van der Waals surface area contributed by atoms with Gasteiger partial charge in [-0.1, -0.05) is 467 Å². The van der Waals surface area contributed by atoms with Crippen molar-refractivity contribution in [2.45, 2.75) is 0 Å². The second-order valence-electron chi connectivity index (χ2n) is 37.3. The molecule has 6 nitrogen and oxygen atoms in total. The fourth-order valence-corrected chi connectivity index (χ4v) is 21.5. The average molecular weight is 1860 g/mol. The molecule has 0 radical (unpaired) electrons. The average Bonchev–Trinajstić information content (AvgIpc) is 0.733. The van der Waals surface area contributed by atoms with Crippen LogP contribution in [0.25, 0.3) is 276 Å². The Kier molecular flexibility index (Phi) is 22.6. The number of rotatable bonds is 14. The lowest BCUT2D eigenvalue weighted by Gasteiger charge is -2.17. The van der Waals surface area contributed by atoms with Gasteiger partial charge in [0.25, 0.3) is 0 Å². The van der Waals surface area contributed by atoms with Crippen molar-refractivity contribution in [2.24, 2.45) is 0 Å². The van der Waals surface area contributed by atoms with E-state index in [1.165, 1.54) is 120 Å². The molecule has 146 heavy (non-hydrogen) atoms. The van der Waals surface area contributed by atoms with Crippen LogP contribution in [0, 0.1) is 0 Å². The van der Waals surface area contributed by atoms with Crippen LogP contribution in [0.5, 0.6) is 0 Å². The molecule has 28 aromatic rings. The molecule has 0 spiro atoms. The lowest BCUT2D eigenvalue weighted by atomic mass is 9.89. The molecule has 0 amide bonds. The minimum absolute atomic E-state index is 0.948. The summed E-state index contributed by atoms with van der Waals surface area (Å²) in [6.07, 6.45) is 1.84. The van der Waals surface area contributed by atoms with E-state index in [0.717, 1.165) is 155 Å². The SMILES string of the molecule is c1ccc(-c2cc(-c3ccccc3)nc(-c3ccc(-c4cc5c(-c6ccccc6)cc(-c6ccccc6)nc5c5ccccc45)cc3)c2)cc1.c1ccc(-c2ccc(-c3cc4c(-c5cccc6ccccc56)cc(-c5cccc6ccccc56)nc4c4ccccc34)cc2)nc1.c1ccc2nc(-c3ccc(-c4cc5c(-c6cccc7ccccc67)cc(-c6cccc7ccccc67)nc5c5ccccc45)cc3)ccc2c1. The standard InChI is InChI=1S/C48H30N2.C48H32N2.C44H28N2/c1-4-16-36-31(11-1)14-9-20-38(36)43-30-47(40-21-10-15-32-12-2-5-17-37(32)40)50-48-41-19-7-6-18-39(41)42(29-44(43)48)33-23-25-35(26-24-33)46-28-27-34-13-3-8-22-45(34)49-46;1-5-15-33(16-6-1)39-29-45(36-19-9-3-10-20-36)49-46(30-39)38-27-25-35(26-28-38)42-31-44-43(34-17-7-2-8-18-34)32-47(37-21-11-4-12-22-37)50-48(44)41-24-14-13-23-40(41)42;1-3-15-33-29(11-1)13-9-19-35(33)40-28-43(37-20-10-14-30-12-2-4-16-34(30)37)46-44-38-18-6-5-17-36(38)39(27-41(40)44)31-22-24-32(25-23-31)42-21-7-8-26-45-42/h1-30H;1-32H;1-28H. The quantitative estimate of drug-likeness (QED) is 0.101. The zero-order valence-corrected chi connectivity index (χ0v) is 79.6. The number of fused-ring (bicyclic) bond motifs is 14. The second-order valence-corrected chi connectivity index (χ2v) is 37.3. The van der Waals surface area contributed by atoms with E-state index in [-0.39, 0.29) is 0 Å². The highest BCUT2D eigenvalue weighted by atomic mass is 14.7. The predicted molar refractivity (Wildman–Crippen MR) is 615 cm³/mol. The van der Waals surface area contributed by atoms with E-state index in [2.05, 4.69) is 515 Å². The first kappa shape index (κ1) is 86.9. The van der Waals surface area contributed by atoms with Crippen molar-refractivity contribution in [3.63, 3.8) is 0 Å². The molecule has 0 aliphatic heterocycles. The van der Waals surface area contributed by atoms with Gasteiger partial charge in [0.1, 0.15) is 0 Å². The summed E-state index contributed by atoms with van der Waals surface area (Å²) in [4.78, 5) is 30.9. The van der Waals surface area contributed by atoms with E-state index in [4.69, 9.17) is 24.9 Å². The van der Waals surface area contributed by atoms with Crippen LogP contribution in [0.2, 0.25) is 0 Å². The van der Waals surface area contributed by atoms with E-state index < -0.39 is 0 Å². The van der Waals surface area contributed by atoms with Gasteiger partial charge in [-0.25, -0.2) is 24.9 Å². The van der Waals surface area contributed by atoms with Crippen LogP contribution in [0.4, 0.5) is 0 Å². The fourth-order valence-electron chi connectivity index (χ4n) is 21.5. The summed E-state index contributed by atoms with van der Waals surface area (Å²) in [6.45, 7) is 0. The van der Waals surface area contributed by atoms with Crippen LogP contribution in [-0.2, 0) is 0 Å². The lowest BCUT2D eigenvalue weighted by Crippen LogP contribution is -1.94. The molecule has 6 aromatic heterocycles. The molecule has 0 N–H and O–H groups in total. The zero-order chi connectivity index (χ0) is 96.7. The maximum absolute atomic E-state index is 5.50. The van der Waals surface area contributed by atoms with Gasteiger partial charge >= 0.3 is 0 Å². The molecule has 0 saturated carbocycles. The summed E-state index contributed by atoms with van der Waals surface area (Å²) in [5, 5.41) is 21.3. The topological polar surface area (TPSA) is 77.3 Å². The molecule has 0 unspecified atom stereocenters. The Morgan fingerprint density at radius 3 is 0.808 bits per heavy atom. The number of pyridine rings is 6. The third-order valence-corrected chi connectivity index (χ3v) is 28.6. The van der Waals surface area contributed by atoms with Gasteiger partial charge < -0.3 is 0 Å². The van der Waals surface area contributed by atoms with Crippen LogP contribution < -0.4 is 0 Å². The lowest BCUT2D eigenvalue weighted by molar-refractivity contribution is 1.32. The monoisotopic (exact) mass is 1850 g/mol. The maximum atomic E-state index is 5.50. The number of para-hydroxylation sites is 1. The Labute approximate surface area is 845 Å². The van der Waals surface area contributed by atoms with Crippen LogP contribution in [-0.4, -0.2) is 29.9 Å². The number of aromatic nitrogens is 6. The Bertz CT molecular complexity index is 9810. The maximum Gasteiger partial charge on any atom is 0.0794 e. The van der Waals surface area contributed by atoms with E-state index in [9.17, 15) is 0 Å². The minimum Gasteiger partial charge on any atom is -0.256 e. The van der Waals surface area contributed by atoms with Crippen molar-refractivity contribution in [2.75, 3.05) is 0 Å². The zero-order valence-electron chi connectivity index (χ0n) is 79.6. The summed E-state index contributed by atoms with van der Waals surface area (Å²) in [5.41, 5.74) is 35.1. The largest absolute Gasteiger partial charge is 0.256 e. The second kappa shape index (κ2) is 38.0. The van der Waals surface area contributed by atoms with Gasteiger partial charge in [0, 0.05) is 82.8 Å². The first-order valence-electron chi connectivity index (χ1n) is 49.7. The van der Waals surface area contributed by atoms with Gasteiger partial charge in [-0.3, -0.25) is 4.98 Å². The molecule has 0 aliphatic carbocycles. The molecule has 0 saturated heterocycles. The first-order valence-corrected chi connectivity index (χ1v) is 49.7. The molecule has 0 bridgehead atoms. The van der Waals surface area contributed by atoms with Gasteiger partial charge in [0.15, 0.2) is 0 Å². The molecule has 0 atom stereocenters. The fraction of sp³-hybridized carbons (Fsp3) is 0. The van der Waals surface area contributed by atoms with E-state index in [1.54, 1.807) is 0 Å². The van der Waals surface area contributed by atoms with Crippen LogP contribution in [0.1, 0.15) is 0 Å². The molecule has 22 aromatic carbocycles. The van der Waals surface area contributed by atoms with E-state index in [0.29, 0.717) is 0 Å². The summed E-state index contributed by atoms with van der Waals surface area (Å²) in [5.74, 6) is 0. The van der Waals surface area contributed by atoms with Gasteiger partial charge in [0.05, 0.1) is 61.9 Å². The van der Waals surface area contributed by atoms with Crippen molar-refractivity contribution in [3.05, 3.63) is 546 Å². The molecule has 6 heterocycles. The molecule has 28 rings (SSSR count). The minimum atomic E-state index is 0.948. The molecule has 0 aliphatic rings. The van der Waals surface area contributed by atoms with Crippen molar-refractivity contribution in [1.82, 2.24) is 29.9 Å². The van der Waals surface area contributed by atoms with Crippen LogP contribution >= 0.6 is 0 Å². The van der Waals surface area contributed by atoms with Gasteiger partial charge in [-0.2, -0.15) is 0 Å². The van der Waals surface area contributed by atoms with Crippen LogP contribution in [0.3, 0.4) is 0 Å². The highest BCUT2D eigenvalue weighted by Gasteiger charge is 2.24. The Morgan fingerprint density at radius 2 is 0.390 bits per heavy atom.